The summed E-state index contributed by atoms with van der Waals surface area (Å²) < 4.78 is 75.9. The van der Waals surface area contributed by atoms with Gasteiger partial charge in [0.05, 0.1) is 12.8 Å². The van der Waals surface area contributed by atoms with Crippen molar-refractivity contribution in [3.05, 3.63) is 11.3 Å². The number of ketones is 1. The highest BCUT2D eigenvalue weighted by atomic mass is 19.4. The van der Waals surface area contributed by atoms with Gasteiger partial charge in [-0.3, -0.25) is 4.79 Å². The first kappa shape index (κ1) is 21.8. The average molecular weight is 348 g/mol. The van der Waals surface area contributed by atoms with Crippen molar-refractivity contribution in [2.45, 2.75) is 65.7 Å². The lowest BCUT2D eigenvalue weighted by Crippen LogP contribution is -2.38. The molecule has 0 rings (SSSR count). The van der Waals surface area contributed by atoms with Gasteiger partial charge in [0.15, 0.2) is 5.78 Å². The Kier molecular flexibility index (Phi) is 7.17. The van der Waals surface area contributed by atoms with Gasteiger partial charge in [-0.1, -0.05) is 20.8 Å². The number of Topliss-reactive ketones (excluding diaryl/α,β-unsaturated/α-hetero) is 1. The molecule has 0 aliphatic heterocycles. The van der Waals surface area contributed by atoms with E-state index in [0.29, 0.717) is 19.8 Å². The number of aliphatic hydroxyl groups excluding tert-OH is 1. The largest absolute Gasteiger partial charge is 0.512 e. The van der Waals surface area contributed by atoms with Gasteiger partial charge >= 0.3 is 12.4 Å². The van der Waals surface area contributed by atoms with Crippen LogP contribution in [0.15, 0.2) is 11.3 Å². The Balaban J connectivity index is 5.81. The van der Waals surface area contributed by atoms with E-state index >= 15 is 0 Å². The highest BCUT2D eigenvalue weighted by molar-refractivity contribution is 5.99. The van der Waals surface area contributed by atoms with Crippen molar-refractivity contribution in [3.8, 4) is 0 Å². The summed E-state index contributed by atoms with van der Waals surface area (Å²) in [5, 5.41) is 10.0. The Morgan fingerprint density at radius 2 is 1.30 bits per heavy atom. The minimum Gasteiger partial charge on any atom is -0.512 e. The number of carbonyl (C=O) groups excluding carboxylic acids is 1. The Bertz CT molecular complexity index is 428. The summed E-state index contributed by atoms with van der Waals surface area (Å²) in [5.74, 6) is -2.23. The van der Waals surface area contributed by atoms with Gasteiger partial charge in [-0.05, 0) is 19.8 Å². The summed E-state index contributed by atoms with van der Waals surface area (Å²) in [6, 6.07) is 0. The first-order valence-corrected chi connectivity index (χ1v) is 7.25. The highest BCUT2D eigenvalue weighted by Crippen LogP contribution is 2.44. The molecule has 136 valence electrons. The highest BCUT2D eigenvalue weighted by Gasteiger charge is 2.50. The number of rotatable bonds is 7. The van der Waals surface area contributed by atoms with Crippen molar-refractivity contribution in [3.63, 3.8) is 0 Å². The normalized spacial score (nSPS) is 14.9. The van der Waals surface area contributed by atoms with E-state index in [1.807, 2.05) is 0 Å². The molecule has 0 aromatic rings. The van der Waals surface area contributed by atoms with E-state index in [-0.39, 0.29) is 0 Å². The topological polar surface area (TPSA) is 37.3 Å². The zero-order valence-corrected chi connectivity index (χ0v) is 13.5. The van der Waals surface area contributed by atoms with Crippen LogP contribution in [0.2, 0.25) is 0 Å². The fraction of sp³-hybridized carbons (Fsp3) is 0.800. The minimum atomic E-state index is -4.93. The van der Waals surface area contributed by atoms with Crippen LogP contribution in [0.4, 0.5) is 26.3 Å². The first-order valence-electron chi connectivity index (χ1n) is 7.25. The van der Waals surface area contributed by atoms with E-state index < -0.39 is 53.6 Å². The van der Waals surface area contributed by atoms with Crippen molar-refractivity contribution in [1.29, 1.82) is 0 Å². The van der Waals surface area contributed by atoms with Gasteiger partial charge in [0.25, 0.3) is 0 Å². The lowest BCUT2D eigenvalue weighted by molar-refractivity contribution is -0.193. The summed E-state index contributed by atoms with van der Waals surface area (Å²) in [6.45, 7) is 5.11. The molecule has 8 heteroatoms. The summed E-state index contributed by atoms with van der Waals surface area (Å²) in [6.07, 6.45) is -12.8. The third-order valence-corrected chi connectivity index (χ3v) is 3.83. The van der Waals surface area contributed by atoms with Crippen LogP contribution in [0.5, 0.6) is 0 Å². The molecular weight excluding hydrogens is 326 g/mol. The maximum absolute atomic E-state index is 12.6. The number of aliphatic hydroxyl groups is 1. The third kappa shape index (κ3) is 6.83. The van der Waals surface area contributed by atoms with Crippen molar-refractivity contribution < 1.29 is 36.2 Å². The van der Waals surface area contributed by atoms with Crippen molar-refractivity contribution in [2.24, 2.45) is 11.3 Å². The van der Waals surface area contributed by atoms with Gasteiger partial charge in [0, 0.05) is 16.9 Å². The molecule has 0 aliphatic rings. The molecule has 0 saturated heterocycles. The van der Waals surface area contributed by atoms with Gasteiger partial charge in [-0.15, -0.1) is 0 Å². The molecule has 0 aromatic carbocycles. The number of halogens is 6. The maximum atomic E-state index is 12.6. The molecule has 1 N–H and O–H groups in total. The summed E-state index contributed by atoms with van der Waals surface area (Å²) >= 11 is 0. The second-order valence-corrected chi connectivity index (χ2v) is 6.00. The van der Waals surface area contributed by atoms with Crippen LogP contribution < -0.4 is 0 Å². The molecule has 0 unspecified atom stereocenters. The van der Waals surface area contributed by atoms with Crippen LogP contribution in [0, 0.1) is 11.3 Å². The molecule has 0 atom stereocenters. The summed E-state index contributed by atoms with van der Waals surface area (Å²) in [5.41, 5.74) is -3.13. The van der Waals surface area contributed by atoms with Gasteiger partial charge in [0.2, 0.25) is 0 Å². The predicted octanol–water partition coefficient (Wildman–Crippen LogP) is 5.73. The number of allylic oxidation sites excluding steroid dienone is 2. The summed E-state index contributed by atoms with van der Waals surface area (Å²) in [7, 11) is 0. The number of carbonyl (C=O) groups is 1. The van der Waals surface area contributed by atoms with Gasteiger partial charge < -0.3 is 5.11 Å². The van der Waals surface area contributed by atoms with Crippen molar-refractivity contribution >= 4 is 5.78 Å². The molecule has 2 nitrogen and oxygen atoms in total. The average Bonchev–Trinajstić information content (AvgIpc) is 2.33. The molecule has 0 fully saturated rings. The minimum absolute atomic E-state index is 0.419. The lowest BCUT2D eigenvalue weighted by Gasteiger charge is -2.31. The molecule has 0 bridgehead atoms. The van der Waals surface area contributed by atoms with Crippen LogP contribution in [-0.2, 0) is 4.79 Å². The molecule has 0 heterocycles. The van der Waals surface area contributed by atoms with Gasteiger partial charge in [-0.25, -0.2) is 0 Å². The monoisotopic (exact) mass is 348 g/mol. The van der Waals surface area contributed by atoms with Crippen LogP contribution >= 0.6 is 0 Å². The fourth-order valence-electron chi connectivity index (χ4n) is 2.66. The molecule has 0 aliphatic carbocycles. The van der Waals surface area contributed by atoms with E-state index in [0.717, 1.165) is 6.92 Å². The van der Waals surface area contributed by atoms with E-state index in [4.69, 9.17) is 0 Å². The zero-order valence-electron chi connectivity index (χ0n) is 13.5. The predicted molar refractivity (Wildman–Crippen MR) is 73.9 cm³/mol. The first-order chi connectivity index (χ1) is 10.2. The Hall–Kier alpha value is -1.21. The van der Waals surface area contributed by atoms with E-state index in [1.54, 1.807) is 13.8 Å². The van der Waals surface area contributed by atoms with Crippen LogP contribution in [0.1, 0.15) is 53.4 Å². The molecule has 0 radical (unpaired) electrons. The quantitative estimate of drug-likeness (QED) is 0.362. The van der Waals surface area contributed by atoms with Crippen molar-refractivity contribution in [1.82, 2.24) is 0 Å². The number of alkyl halides is 6. The van der Waals surface area contributed by atoms with Crippen molar-refractivity contribution in [2.75, 3.05) is 0 Å². The molecule has 0 aromatic heterocycles. The Morgan fingerprint density at radius 3 is 1.57 bits per heavy atom. The van der Waals surface area contributed by atoms with Gasteiger partial charge in [-0.2, -0.15) is 26.3 Å². The summed E-state index contributed by atoms with van der Waals surface area (Å²) in [4.78, 5) is 12.3. The van der Waals surface area contributed by atoms with E-state index in [9.17, 15) is 36.2 Å². The molecule has 0 spiro atoms. The van der Waals surface area contributed by atoms with Crippen LogP contribution in [-0.4, -0.2) is 23.2 Å². The Labute approximate surface area is 131 Å². The Morgan fingerprint density at radius 1 is 0.957 bits per heavy atom. The van der Waals surface area contributed by atoms with Crippen LogP contribution in [0.25, 0.3) is 0 Å². The third-order valence-electron chi connectivity index (χ3n) is 3.83. The molecular formula is C15H22F6O2. The SMILES string of the molecule is CCC(CC)/C(O)=C(\C)C(=O)C(C)(CC(F)(F)F)CC(F)(F)F. The second-order valence-electron chi connectivity index (χ2n) is 6.00. The standard InChI is InChI=1S/C15H22F6O2/c1-5-10(6-2)11(22)9(3)12(23)13(4,7-14(16,17)18)8-15(19,20)21/h10,22H,5-8H2,1-4H3/b11-9-. The number of hydrogen-bond donors (Lipinski definition) is 1. The smallest absolute Gasteiger partial charge is 0.390 e. The second kappa shape index (κ2) is 7.57. The van der Waals surface area contributed by atoms with E-state index in [2.05, 4.69) is 0 Å². The fourth-order valence-corrected chi connectivity index (χ4v) is 2.66. The molecule has 0 saturated carbocycles. The molecule has 0 amide bonds. The number of hydrogen-bond acceptors (Lipinski definition) is 2. The van der Waals surface area contributed by atoms with Crippen LogP contribution in [0.3, 0.4) is 0 Å². The zero-order chi connectivity index (χ0) is 18.6. The van der Waals surface area contributed by atoms with E-state index in [1.165, 1.54) is 0 Å². The lowest BCUT2D eigenvalue weighted by atomic mass is 9.75. The van der Waals surface area contributed by atoms with Gasteiger partial charge in [0.1, 0.15) is 5.76 Å². The maximum Gasteiger partial charge on any atom is 0.390 e. The molecule has 23 heavy (non-hydrogen) atoms.